The van der Waals surface area contributed by atoms with Gasteiger partial charge in [-0.25, -0.2) is 4.39 Å². The summed E-state index contributed by atoms with van der Waals surface area (Å²) < 4.78 is 15.7. The van der Waals surface area contributed by atoms with Crippen molar-refractivity contribution in [2.45, 2.75) is 76.7 Å². The quantitative estimate of drug-likeness (QED) is 0.195. The third-order valence-electron chi connectivity index (χ3n) is 7.01. The zero-order valence-corrected chi connectivity index (χ0v) is 22.6. The maximum atomic E-state index is 15.7. The Balaban J connectivity index is 2.10. The van der Waals surface area contributed by atoms with Gasteiger partial charge in [-0.3, -0.25) is 10.1 Å². The van der Waals surface area contributed by atoms with Crippen LogP contribution in [-0.4, -0.2) is 21.9 Å². The number of rotatable bonds is 8. The fourth-order valence-corrected chi connectivity index (χ4v) is 5.13. The van der Waals surface area contributed by atoms with Gasteiger partial charge in [0.15, 0.2) is 0 Å². The number of benzene rings is 2. The van der Waals surface area contributed by atoms with Gasteiger partial charge in [-0.15, -0.1) is 12.6 Å². The van der Waals surface area contributed by atoms with Crippen molar-refractivity contribution in [3.8, 4) is 0 Å². The fraction of sp³-hybridized carbons (Fsp3) is 0.444. The summed E-state index contributed by atoms with van der Waals surface area (Å²) in [6, 6.07) is 10.6. The summed E-state index contributed by atoms with van der Waals surface area (Å²) in [6.45, 7) is 8.23. The standard InChI is InChI=1S/C27H32Cl2FNO2S/c1-16-11-17(9-10-23(16)27(5,33)31-21-7-6-8-21)22(24(32)34)15-26(4,25(2,3)30)18-12-19(28)14-20(29)13-18/h9-15,21,31,33H,6-8H2,1-5H3,(H,32,34). The fourth-order valence-electron chi connectivity index (χ4n) is 4.41. The number of carbonyl (C=O) groups excluding carboxylic acids is 1. The molecule has 34 heavy (non-hydrogen) atoms. The lowest BCUT2D eigenvalue weighted by molar-refractivity contribution is -0.106. The van der Waals surface area contributed by atoms with Gasteiger partial charge in [-0.05, 0) is 82.3 Å². The molecular weight excluding hydrogens is 492 g/mol. The van der Waals surface area contributed by atoms with Crippen molar-refractivity contribution in [3.05, 3.63) is 74.8 Å². The largest absolute Gasteiger partial charge is 0.372 e. The highest BCUT2D eigenvalue weighted by Gasteiger charge is 2.42. The summed E-state index contributed by atoms with van der Waals surface area (Å²) >= 11 is 16.5. The predicted molar refractivity (Wildman–Crippen MR) is 142 cm³/mol. The van der Waals surface area contributed by atoms with Gasteiger partial charge in [-0.1, -0.05) is 53.9 Å². The van der Waals surface area contributed by atoms with Crippen molar-refractivity contribution in [1.82, 2.24) is 5.32 Å². The van der Waals surface area contributed by atoms with Crippen molar-refractivity contribution < 1.29 is 14.3 Å². The van der Waals surface area contributed by atoms with Crippen LogP contribution in [0.3, 0.4) is 0 Å². The van der Waals surface area contributed by atoms with E-state index in [9.17, 15) is 9.90 Å². The molecule has 0 heterocycles. The van der Waals surface area contributed by atoms with Gasteiger partial charge in [0.2, 0.25) is 5.12 Å². The Labute approximate surface area is 217 Å². The van der Waals surface area contributed by atoms with Crippen LogP contribution < -0.4 is 5.32 Å². The number of alkyl halides is 1. The summed E-state index contributed by atoms with van der Waals surface area (Å²) in [7, 11) is 0. The molecule has 1 aliphatic carbocycles. The molecule has 0 bridgehead atoms. The lowest BCUT2D eigenvalue weighted by Gasteiger charge is -2.38. The average molecular weight is 525 g/mol. The molecule has 2 atom stereocenters. The van der Waals surface area contributed by atoms with Crippen LogP contribution in [0.25, 0.3) is 5.57 Å². The number of hydrogen-bond acceptors (Lipinski definition) is 3. The first-order valence-electron chi connectivity index (χ1n) is 11.4. The number of carbonyl (C=O) groups is 1. The summed E-state index contributed by atoms with van der Waals surface area (Å²) in [5, 5.41) is 14.6. The SMILES string of the molecule is Cc1cc(C(=CC(C)(c2cc(Cl)cc(Cl)c2)C(C)(C)F)C(=O)S)ccc1C(C)(O)NC1CCC1. The summed E-state index contributed by atoms with van der Waals surface area (Å²) in [6.07, 6.45) is 4.84. The summed E-state index contributed by atoms with van der Waals surface area (Å²) in [5.74, 6) is 0. The zero-order chi connectivity index (χ0) is 25.5. The van der Waals surface area contributed by atoms with Crippen LogP contribution in [0.2, 0.25) is 10.0 Å². The number of hydrogen-bond donors (Lipinski definition) is 3. The van der Waals surface area contributed by atoms with E-state index in [1.807, 2.05) is 13.0 Å². The van der Waals surface area contributed by atoms with Crippen molar-refractivity contribution in [3.63, 3.8) is 0 Å². The molecule has 0 aromatic heterocycles. The summed E-state index contributed by atoms with van der Waals surface area (Å²) in [5.41, 5.74) is -1.27. The van der Waals surface area contributed by atoms with E-state index in [4.69, 9.17) is 23.2 Å². The second kappa shape index (κ2) is 9.94. The number of allylic oxidation sites excluding steroid dienone is 1. The average Bonchev–Trinajstić information content (AvgIpc) is 2.66. The monoisotopic (exact) mass is 523 g/mol. The van der Waals surface area contributed by atoms with Crippen LogP contribution in [0, 0.1) is 6.92 Å². The van der Waals surface area contributed by atoms with E-state index in [1.165, 1.54) is 13.8 Å². The molecule has 1 fully saturated rings. The molecule has 2 N–H and O–H groups in total. The van der Waals surface area contributed by atoms with E-state index in [0.717, 1.165) is 30.4 Å². The molecule has 0 aliphatic heterocycles. The molecule has 2 unspecified atom stereocenters. The highest BCUT2D eigenvalue weighted by Crippen LogP contribution is 2.43. The first-order chi connectivity index (χ1) is 15.6. The lowest BCUT2D eigenvalue weighted by Crippen LogP contribution is -2.49. The van der Waals surface area contributed by atoms with E-state index in [-0.39, 0.29) is 5.57 Å². The van der Waals surface area contributed by atoms with E-state index >= 15 is 4.39 Å². The van der Waals surface area contributed by atoms with Crippen molar-refractivity contribution >= 4 is 46.5 Å². The smallest absolute Gasteiger partial charge is 0.216 e. The molecule has 184 valence electrons. The van der Waals surface area contributed by atoms with Gasteiger partial charge in [0.25, 0.3) is 0 Å². The number of aryl methyl sites for hydroxylation is 1. The second-order valence-electron chi connectivity index (χ2n) is 10.1. The topological polar surface area (TPSA) is 49.3 Å². The normalized spacial score (nSPS) is 18.7. The number of nitrogens with one attached hydrogen (secondary N) is 1. The molecule has 0 radical (unpaired) electrons. The van der Waals surface area contributed by atoms with Crippen LogP contribution in [0.1, 0.15) is 69.2 Å². The second-order valence-corrected chi connectivity index (χ2v) is 11.3. The Morgan fingerprint density at radius 2 is 1.71 bits per heavy atom. The van der Waals surface area contributed by atoms with E-state index < -0.39 is 21.9 Å². The molecular formula is C27H32Cl2FNO2S. The third kappa shape index (κ3) is 5.71. The van der Waals surface area contributed by atoms with Crippen LogP contribution >= 0.6 is 35.8 Å². The van der Waals surface area contributed by atoms with E-state index in [2.05, 4.69) is 17.9 Å². The van der Waals surface area contributed by atoms with Gasteiger partial charge >= 0.3 is 0 Å². The molecule has 3 nitrogen and oxygen atoms in total. The molecule has 0 spiro atoms. The molecule has 2 aromatic rings. The predicted octanol–water partition coefficient (Wildman–Crippen LogP) is 7.15. The Hall–Kier alpha value is -1.37. The van der Waals surface area contributed by atoms with Gasteiger partial charge in [0, 0.05) is 32.6 Å². The molecule has 2 aromatic carbocycles. The Morgan fingerprint density at radius 3 is 2.15 bits per heavy atom. The maximum Gasteiger partial charge on any atom is 0.216 e. The molecule has 7 heteroatoms. The van der Waals surface area contributed by atoms with E-state index in [0.29, 0.717) is 27.2 Å². The Morgan fingerprint density at radius 1 is 1.12 bits per heavy atom. The first-order valence-corrected chi connectivity index (χ1v) is 12.6. The minimum atomic E-state index is -1.76. The minimum absolute atomic E-state index is 0.258. The van der Waals surface area contributed by atoms with Gasteiger partial charge < -0.3 is 5.11 Å². The number of thiol groups is 1. The molecule has 3 rings (SSSR count). The molecule has 0 saturated heterocycles. The number of aliphatic hydroxyl groups is 1. The van der Waals surface area contributed by atoms with Crippen LogP contribution in [0.15, 0.2) is 42.5 Å². The first kappa shape index (κ1) is 27.2. The van der Waals surface area contributed by atoms with Crippen LogP contribution in [-0.2, 0) is 15.9 Å². The maximum absolute atomic E-state index is 15.7. The third-order valence-corrected chi connectivity index (χ3v) is 7.69. The Bertz CT molecular complexity index is 1100. The van der Waals surface area contributed by atoms with Gasteiger partial charge in [0.05, 0.1) is 0 Å². The van der Waals surface area contributed by atoms with Crippen LogP contribution in [0.4, 0.5) is 4.39 Å². The summed E-state index contributed by atoms with van der Waals surface area (Å²) in [4.78, 5) is 12.7. The molecule has 1 saturated carbocycles. The Kier molecular flexibility index (Phi) is 7.96. The van der Waals surface area contributed by atoms with Crippen molar-refractivity contribution in [2.24, 2.45) is 0 Å². The highest BCUT2D eigenvalue weighted by atomic mass is 35.5. The zero-order valence-electron chi connectivity index (χ0n) is 20.2. The minimum Gasteiger partial charge on any atom is -0.372 e. The van der Waals surface area contributed by atoms with Crippen molar-refractivity contribution in [2.75, 3.05) is 0 Å². The highest BCUT2D eigenvalue weighted by molar-refractivity contribution is 7.98. The lowest BCUT2D eigenvalue weighted by atomic mass is 9.70. The number of halogens is 3. The van der Waals surface area contributed by atoms with Gasteiger partial charge in [-0.2, -0.15) is 0 Å². The molecule has 1 aliphatic rings. The van der Waals surface area contributed by atoms with Crippen LogP contribution in [0.5, 0.6) is 0 Å². The molecule has 0 amide bonds. The van der Waals surface area contributed by atoms with Crippen molar-refractivity contribution in [1.29, 1.82) is 0 Å². The van der Waals surface area contributed by atoms with E-state index in [1.54, 1.807) is 50.3 Å². The van der Waals surface area contributed by atoms with Gasteiger partial charge in [0.1, 0.15) is 11.4 Å².